The Morgan fingerprint density at radius 1 is 1.23 bits per heavy atom. The van der Waals surface area contributed by atoms with E-state index in [4.69, 9.17) is 9.88 Å². The maximum Gasteiger partial charge on any atom is 0.258 e. The van der Waals surface area contributed by atoms with Crippen LogP contribution in [0.1, 0.15) is 10.4 Å². The molecule has 0 atom stereocenters. The summed E-state index contributed by atoms with van der Waals surface area (Å²) in [6.45, 7) is 0. The van der Waals surface area contributed by atoms with Crippen LogP contribution in [-0.4, -0.2) is 21.4 Å². The Hall–Kier alpha value is -2.45. The smallest absolute Gasteiger partial charge is 0.258 e. The summed E-state index contributed by atoms with van der Waals surface area (Å²) >= 11 is 0. The van der Waals surface area contributed by atoms with Crippen molar-refractivity contribution in [1.82, 2.24) is 0 Å². The molecule has 0 fully saturated rings. The van der Waals surface area contributed by atoms with Crippen molar-refractivity contribution in [1.29, 1.82) is 0 Å². The van der Waals surface area contributed by atoms with Gasteiger partial charge in [-0.05, 0) is 30.3 Å². The van der Waals surface area contributed by atoms with Gasteiger partial charge in [0.05, 0.1) is 12.7 Å². The van der Waals surface area contributed by atoms with Crippen molar-refractivity contribution in [2.75, 3.05) is 12.4 Å². The molecular weight excluding hydrogens is 311 g/mol. The third-order valence-corrected chi connectivity index (χ3v) is 3.78. The van der Waals surface area contributed by atoms with Crippen LogP contribution in [0.5, 0.6) is 5.75 Å². The number of rotatable bonds is 4. The molecule has 0 spiro atoms. The predicted molar refractivity (Wildman–Crippen MR) is 78.7 cm³/mol. The molecule has 0 bridgehead atoms. The Balaban J connectivity index is 2.35. The Morgan fingerprint density at radius 3 is 2.50 bits per heavy atom. The molecule has 0 unspecified atom stereocenters. The zero-order valence-electron chi connectivity index (χ0n) is 11.5. The molecule has 22 heavy (non-hydrogen) atoms. The Morgan fingerprint density at radius 2 is 1.91 bits per heavy atom. The van der Waals surface area contributed by atoms with Crippen molar-refractivity contribution in [2.24, 2.45) is 5.14 Å². The molecule has 2 rings (SSSR count). The lowest BCUT2D eigenvalue weighted by Gasteiger charge is -2.10. The third-order valence-electron chi connectivity index (χ3n) is 2.85. The van der Waals surface area contributed by atoms with Gasteiger partial charge in [0.25, 0.3) is 5.91 Å². The first kappa shape index (κ1) is 15.9. The molecule has 2 aromatic rings. The second-order valence-electron chi connectivity index (χ2n) is 4.34. The number of ether oxygens (including phenoxy) is 1. The lowest BCUT2D eigenvalue weighted by atomic mass is 10.2. The maximum atomic E-state index is 13.5. The van der Waals surface area contributed by atoms with E-state index < -0.39 is 21.7 Å². The summed E-state index contributed by atoms with van der Waals surface area (Å²) in [5.74, 6) is -1.34. The van der Waals surface area contributed by atoms with Crippen LogP contribution in [0.15, 0.2) is 47.4 Å². The van der Waals surface area contributed by atoms with Crippen LogP contribution in [0.25, 0.3) is 0 Å². The van der Waals surface area contributed by atoms with Gasteiger partial charge in [-0.15, -0.1) is 0 Å². The van der Waals surface area contributed by atoms with Gasteiger partial charge in [-0.1, -0.05) is 12.1 Å². The van der Waals surface area contributed by atoms with Crippen molar-refractivity contribution >= 4 is 21.6 Å². The topological polar surface area (TPSA) is 98.5 Å². The first-order valence-electron chi connectivity index (χ1n) is 6.09. The largest absolute Gasteiger partial charge is 0.495 e. The number of sulfonamides is 1. The number of primary sulfonamides is 1. The Bertz CT molecular complexity index is 821. The predicted octanol–water partition coefficient (Wildman–Crippen LogP) is 1.73. The van der Waals surface area contributed by atoms with Crippen molar-refractivity contribution in [3.63, 3.8) is 0 Å². The molecule has 6 nitrogen and oxygen atoms in total. The molecule has 2 aromatic carbocycles. The standard InChI is InChI=1S/C14H13FN2O4S/c1-21-12-7-6-9(8-13(12)22(16,19)20)17-14(18)10-4-2-3-5-11(10)15/h2-8H,1H3,(H,17,18)(H2,16,19,20). The fourth-order valence-corrected chi connectivity index (χ4v) is 2.54. The lowest BCUT2D eigenvalue weighted by Crippen LogP contribution is -2.16. The van der Waals surface area contributed by atoms with E-state index in [9.17, 15) is 17.6 Å². The molecule has 1 amide bonds. The number of methoxy groups -OCH3 is 1. The number of nitrogens with two attached hydrogens (primary N) is 1. The monoisotopic (exact) mass is 324 g/mol. The molecular formula is C14H13FN2O4S. The molecule has 0 aromatic heterocycles. The summed E-state index contributed by atoms with van der Waals surface area (Å²) in [5.41, 5.74) is -0.00597. The molecule has 0 aliphatic rings. The van der Waals surface area contributed by atoms with Gasteiger partial charge in [-0.2, -0.15) is 0 Å². The lowest BCUT2D eigenvalue weighted by molar-refractivity contribution is 0.102. The van der Waals surface area contributed by atoms with Gasteiger partial charge in [0, 0.05) is 5.69 Å². The number of benzene rings is 2. The van der Waals surface area contributed by atoms with Crippen LogP contribution in [0.2, 0.25) is 0 Å². The van der Waals surface area contributed by atoms with Crippen molar-refractivity contribution in [3.05, 3.63) is 53.8 Å². The zero-order chi connectivity index (χ0) is 16.3. The fourth-order valence-electron chi connectivity index (χ4n) is 1.82. The number of hydrogen-bond donors (Lipinski definition) is 2. The number of amides is 1. The van der Waals surface area contributed by atoms with Crippen LogP contribution in [-0.2, 0) is 10.0 Å². The molecule has 116 valence electrons. The van der Waals surface area contributed by atoms with Crippen LogP contribution in [0.3, 0.4) is 0 Å². The van der Waals surface area contributed by atoms with Crippen LogP contribution < -0.4 is 15.2 Å². The molecule has 0 saturated heterocycles. The first-order chi connectivity index (χ1) is 10.3. The third kappa shape index (κ3) is 3.41. The van der Waals surface area contributed by atoms with E-state index >= 15 is 0 Å². The zero-order valence-corrected chi connectivity index (χ0v) is 12.4. The second-order valence-corrected chi connectivity index (χ2v) is 5.87. The average Bonchev–Trinajstić information content (AvgIpc) is 2.46. The van der Waals surface area contributed by atoms with E-state index in [-0.39, 0.29) is 21.9 Å². The maximum absolute atomic E-state index is 13.5. The average molecular weight is 324 g/mol. The van der Waals surface area contributed by atoms with E-state index in [1.165, 1.54) is 37.4 Å². The van der Waals surface area contributed by atoms with E-state index in [0.717, 1.165) is 12.1 Å². The number of anilines is 1. The molecule has 0 heterocycles. The number of halogens is 1. The summed E-state index contributed by atoms with van der Waals surface area (Å²) < 4.78 is 41.4. The molecule has 3 N–H and O–H groups in total. The number of carbonyl (C=O) groups is 1. The molecule has 0 aliphatic heterocycles. The summed E-state index contributed by atoms with van der Waals surface area (Å²) in [5, 5.41) is 7.50. The number of nitrogens with one attached hydrogen (secondary N) is 1. The Kier molecular flexibility index (Phi) is 4.43. The molecule has 0 radical (unpaired) electrons. The molecule has 0 saturated carbocycles. The normalized spacial score (nSPS) is 11.0. The molecule has 8 heteroatoms. The van der Waals surface area contributed by atoms with Gasteiger partial charge >= 0.3 is 0 Å². The van der Waals surface area contributed by atoms with Crippen LogP contribution in [0, 0.1) is 5.82 Å². The Labute approximate surface area is 126 Å². The van der Waals surface area contributed by atoms with E-state index in [1.54, 1.807) is 0 Å². The summed E-state index contributed by atoms with van der Waals surface area (Å²) in [7, 11) is -2.73. The van der Waals surface area contributed by atoms with Gasteiger partial charge in [0.1, 0.15) is 16.5 Å². The summed E-state index contributed by atoms with van der Waals surface area (Å²) in [6, 6.07) is 9.35. The van der Waals surface area contributed by atoms with Crippen LogP contribution >= 0.6 is 0 Å². The molecule has 0 aliphatic carbocycles. The fraction of sp³-hybridized carbons (Fsp3) is 0.0714. The minimum atomic E-state index is -4.03. The minimum Gasteiger partial charge on any atom is -0.495 e. The highest BCUT2D eigenvalue weighted by Gasteiger charge is 2.17. The highest BCUT2D eigenvalue weighted by Crippen LogP contribution is 2.26. The van der Waals surface area contributed by atoms with Crippen molar-refractivity contribution in [3.8, 4) is 5.75 Å². The number of carbonyl (C=O) groups excluding carboxylic acids is 1. The van der Waals surface area contributed by atoms with Gasteiger partial charge in [0.2, 0.25) is 10.0 Å². The highest BCUT2D eigenvalue weighted by molar-refractivity contribution is 7.89. The van der Waals surface area contributed by atoms with Gasteiger partial charge < -0.3 is 10.1 Å². The quantitative estimate of drug-likeness (QED) is 0.895. The van der Waals surface area contributed by atoms with Gasteiger partial charge in [-0.3, -0.25) is 4.79 Å². The highest BCUT2D eigenvalue weighted by atomic mass is 32.2. The van der Waals surface area contributed by atoms with Crippen molar-refractivity contribution in [2.45, 2.75) is 4.90 Å². The van der Waals surface area contributed by atoms with Crippen molar-refractivity contribution < 1.29 is 22.3 Å². The van der Waals surface area contributed by atoms with E-state index in [2.05, 4.69) is 5.32 Å². The summed E-state index contributed by atoms with van der Waals surface area (Å²) in [4.78, 5) is 11.7. The van der Waals surface area contributed by atoms with E-state index in [0.29, 0.717) is 0 Å². The minimum absolute atomic E-state index is 0.0476. The van der Waals surface area contributed by atoms with Gasteiger partial charge in [-0.25, -0.2) is 17.9 Å². The van der Waals surface area contributed by atoms with Gasteiger partial charge in [0.15, 0.2) is 0 Å². The number of hydrogen-bond acceptors (Lipinski definition) is 4. The SMILES string of the molecule is COc1ccc(NC(=O)c2ccccc2F)cc1S(N)(=O)=O. The van der Waals surface area contributed by atoms with E-state index in [1.807, 2.05) is 0 Å². The summed E-state index contributed by atoms with van der Waals surface area (Å²) in [6.07, 6.45) is 0. The first-order valence-corrected chi connectivity index (χ1v) is 7.64. The van der Waals surface area contributed by atoms with Crippen LogP contribution in [0.4, 0.5) is 10.1 Å². The second kappa shape index (κ2) is 6.12.